The van der Waals surface area contributed by atoms with Gasteiger partial charge in [0.1, 0.15) is 0 Å². The first kappa shape index (κ1) is 17.7. The van der Waals surface area contributed by atoms with Crippen molar-refractivity contribution in [2.45, 2.75) is 57.5 Å². The molecule has 0 saturated heterocycles. The lowest BCUT2D eigenvalue weighted by molar-refractivity contribution is 0.0232. The molecule has 2 nitrogen and oxygen atoms in total. The highest BCUT2D eigenvalue weighted by atomic mass is 16.5. The van der Waals surface area contributed by atoms with E-state index in [9.17, 15) is 0 Å². The van der Waals surface area contributed by atoms with Crippen LogP contribution in [-0.2, 0) is 4.74 Å². The van der Waals surface area contributed by atoms with E-state index in [4.69, 9.17) is 10.00 Å². The van der Waals surface area contributed by atoms with Crippen LogP contribution in [0.1, 0.15) is 62.5 Å². The van der Waals surface area contributed by atoms with Crippen LogP contribution in [-0.4, -0.2) is 12.7 Å². The SMILES string of the molecule is CCCCO[C@H]1CC[C@H](c2ccc(-c3ccc(C#N)cc3)cc2)CC1. The van der Waals surface area contributed by atoms with Gasteiger partial charge in [-0.2, -0.15) is 5.26 Å². The van der Waals surface area contributed by atoms with Gasteiger partial charge in [-0.3, -0.25) is 0 Å². The Balaban J connectivity index is 1.57. The molecule has 1 fully saturated rings. The Labute approximate surface area is 151 Å². The van der Waals surface area contributed by atoms with Crippen molar-refractivity contribution in [3.05, 3.63) is 59.7 Å². The van der Waals surface area contributed by atoms with E-state index in [1.807, 2.05) is 24.3 Å². The van der Waals surface area contributed by atoms with E-state index in [1.54, 1.807) is 0 Å². The van der Waals surface area contributed by atoms with E-state index in [1.165, 1.54) is 55.2 Å². The molecule has 0 bridgehead atoms. The second-order valence-electron chi connectivity index (χ2n) is 7.01. The largest absolute Gasteiger partial charge is 0.378 e. The van der Waals surface area contributed by atoms with Gasteiger partial charge in [-0.05, 0) is 66.8 Å². The third kappa shape index (κ3) is 4.71. The predicted molar refractivity (Wildman–Crippen MR) is 102 cm³/mol. The number of ether oxygens (including phenoxy) is 1. The van der Waals surface area contributed by atoms with Crippen LogP contribution in [0.25, 0.3) is 11.1 Å². The van der Waals surface area contributed by atoms with Gasteiger partial charge in [-0.15, -0.1) is 0 Å². The first-order valence-electron chi connectivity index (χ1n) is 9.52. The number of nitrogens with zero attached hydrogens (tertiary/aromatic N) is 1. The average Bonchev–Trinajstić information content (AvgIpc) is 2.69. The summed E-state index contributed by atoms with van der Waals surface area (Å²) in [6, 6.07) is 18.9. The number of unbranched alkanes of at least 4 members (excludes halogenated alkanes) is 1. The monoisotopic (exact) mass is 333 g/mol. The topological polar surface area (TPSA) is 33.0 Å². The Morgan fingerprint density at radius 2 is 1.52 bits per heavy atom. The molecular formula is C23H27NO. The van der Waals surface area contributed by atoms with Gasteiger partial charge in [-0.25, -0.2) is 0 Å². The molecule has 0 atom stereocenters. The summed E-state index contributed by atoms with van der Waals surface area (Å²) in [5.41, 5.74) is 4.53. The molecule has 130 valence electrons. The maximum absolute atomic E-state index is 8.90. The summed E-state index contributed by atoms with van der Waals surface area (Å²) in [6.45, 7) is 3.13. The average molecular weight is 333 g/mol. The zero-order valence-corrected chi connectivity index (χ0v) is 15.1. The van der Waals surface area contributed by atoms with Gasteiger partial charge in [0, 0.05) is 6.61 Å². The predicted octanol–water partition coefficient (Wildman–Crippen LogP) is 6.07. The lowest BCUT2D eigenvalue weighted by Crippen LogP contribution is -2.21. The number of benzene rings is 2. The molecule has 0 N–H and O–H groups in total. The van der Waals surface area contributed by atoms with E-state index >= 15 is 0 Å². The van der Waals surface area contributed by atoms with Crippen LogP contribution in [0.3, 0.4) is 0 Å². The van der Waals surface area contributed by atoms with Gasteiger partial charge in [0.15, 0.2) is 0 Å². The highest BCUT2D eigenvalue weighted by Gasteiger charge is 2.22. The molecule has 1 aliphatic rings. The van der Waals surface area contributed by atoms with Gasteiger partial charge in [-0.1, -0.05) is 49.7 Å². The first-order valence-corrected chi connectivity index (χ1v) is 9.52. The molecule has 0 aromatic heterocycles. The summed E-state index contributed by atoms with van der Waals surface area (Å²) in [5, 5.41) is 8.90. The van der Waals surface area contributed by atoms with Gasteiger partial charge in [0.25, 0.3) is 0 Å². The summed E-state index contributed by atoms with van der Waals surface area (Å²) in [7, 11) is 0. The zero-order chi connectivity index (χ0) is 17.5. The normalized spacial score (nSPS) is 20.2. The Kier molecular flexibility index (Phi) is 6.25. The highest BCUT2D eigenvalue weighted by Crippen LogP contribution is 2.35. The van der Waals surface area contributed by atoms with Crippen molar-refractivity contribution < 1.29 is 4.74 Å². The van der Waals surface area contributed by atoms with Crippen molar-refractivity contribution >= 4 is 0 Å². The Hall–Kier alpha value is -2.11. The lowest BCUT2D eigenvalue weighted by atomic mass is 9.82. The fourth-order valence-electron chi connectivity index (χ4n) is 3.64. The van der Waals surface area contributed by atoms with Crippen molar-refractivity contribution in [3.8, 4) is 17.2 Å². The van der Waals surface area contributed by atoms with Crippen molar-refractivity contribution in [1.82, 2.24) is 0 Å². The van der Waals surface area contributed by atoms with E-state index in [0.717, 1.165) is 6.61 Å². The summed E-state index contributed by atoms with van der Waals surface area (Å²) in [4.78, 5) is 0. The van der Waals surface area contributed by atoms with Crippen LogP contribution in [0.5, 0.6) is 0 Å². The summed E-state index contributed by atoms with van der Waals surface area (Å²) in [5.74, 6) is 0.668. The molecule has 0 aliphatic heterocycles. The Morgan fingerprint density at radius 1 is 0.920 bits per heavy atom. The molecule has 2 aromatic rings. The number of hydrogen-bond acceptors (Lipinski definition) is 2. The van der Waals surface area contributed by atoms with Crippen molar-refractivity contribution in [2.24, 2.45) is 0 Å². The molecule has 2 heteroatoms. The van der Waals surface area contributed by atoms with E-state index in [0.29, 0.717) is 17.6 Å². The summed E-state index contributed by atoms with van der Waals surface area (Å²) < 4.78 is 5.98. The third-order valence-electron chi connectivity index (χ3n) is 5.26. The quantitative estimate of drug-likeness (QED) is 0.601. The molecule has 1 aliphatic carbocycles. The third-order valence-corrected chi connectivity index (χ3v) is 5.26. The molecule has 25 heavy (non-hydrogen) atoms. The van der Waals surface area contributed by atoms with E-state index in [-0.39, 0.29) is 0 Å². The molecule has 2 aromatic carbocycles. The molecule has 0 heterocycles. The molecule has 0 radical (unpaired) electrons. The Morgan fingerprint density at radius 3 is 2.08 bits per heavy atom. The van der Waals surface area contributed by atoms with Gasteiger partial charge < -0.3 is 4.74 Å². The number of hydrogen-bond donors (Lipinski definition) is 0. The number of rotatable bonds is 6. The summed E-state index contributed by atoms with van der Waals surface area (Å²) >= 11 is 0. The maximum atomic E-state index is 8.90. The first-order chi connectivity index (χ1) is 12.3. The van der Waals surface area contributed by atoms with Gasteiger partial charge in [0.2, 0.25) is 0 Å². The fraction of sp³-hybridized carbons (Fsp3) is 0.435. The minimum atomic E-state index is 0.473. The van der Waals surface area contributed by atoms with Crippen molar-refractivity contribution in [3.63, 3.8) is 0 Å². The zero-order valence-electron chi connectivity index (χ0n) is 15.1. The summed E-state index contributed by atoms with van der Waals surface area (Å²) in [6.07, 6.45) is 7.69. The molecule has 0 spiro atoms. The second kappa shape index (κ2) is 8.83. The van der Waals surface area contributed by atoms with Crippen LogP contribution in [0, 0.1) is 11.3 Å². The molecule has 3 rings (SSSR count). The minimum Gasteiger partial charge on any atom is -0.378 e. The van der Waals surface area contributed by atoms with Crippen LogP contribution in [0.2, 0.25) is 0 Å². The standard InChI is InChI=1S/C23H27NO/c1-2-3-16-25-23-14-12-22(13-15-23)21-10-8-20(9-11-21)19-6-4-18(17-24)5-7-19/h4-11,22-23H,2-3,12-16H2,1H3/t22-,23-. The highest BCUT2D eigenvalue weighted by molar-refractivity contribution is 5.64. The Bertz CT molecular complexity index is 688. The molecule has 1 saturated carbocycles. The molecular weight excluding hydrogens is 306 g/mol. The van der Waals surface area contributed by atoms with Crippen LogP contribution in [0.4, 0.5) is 0 Å². The van der Waals surface area contributed by atoms with Crippen LogP contribution < -0.4 is 0 Å². The number of nitriles is 1. The smallest absolute Gasteiger partial charge is 0.0991 e. The van der Waals surface area contributed by atoms with Gasteiger partial charge >= 0.3 is 0 Å². The second-order valence-corrected chi connectivity index (χ2v) is 7.01. The van der Waals surface area contributed by atoms with Crippen molar-refractivity contribution in [2.75, 3.05) is 6.61 Å². The van der Waals surface area contributed by atoms with Gasteiger partial charge in [0.05, 0.1) is 17.7 Å². The molecule has 0 amide bonds. The van der Waals surface area contributed by atoms with Crippen molar-refractivity contribution in [1.29, 1.82) is 5.26 Å². The van der Waals surface area contributed by atoms with E-state index < -0.39 is 0 Å². The molecule has 0 unspecified atom stereocenters. The fourth-order valence-corrected chi connectivity index (χ4v) is 3.64. The van der Waals surface area contributed by atoms with E-state index in [2.05, 4.69) is 37.3 Å². The van der Waals surface area contributed by atoms with Crippen LogP contribution >= 0.6 is 0 Å². The lowest BCUT2D eigenvalue weighted by Gasteiger charge is -2.29. The minimum absolute atomic E-state index is 0.473. The maximum Gasteiger partial charge on any atom is 0.0991 e. The van der Waals surface area contributed by atoms with Crippen LogP contribution in [0.15, 0.2) is 48.5 Å².